The lowest BCUT2D eigenvalue weighted by Gasteiger charge is -2.15. The summed E-state index contributed by atoms with van der Waals surface area (Å²) < 4.78 is 0. The number of hydrogen-bond donors (Lipinski definition) is 2. The van der Waals surface area contributed by atoms with E-state index in [1.807, 2.05) is 25.3 Å². The van der Waals surface area contributed by atoms with E-state index < -0.39 is 0 Å². The highest BCUT2D eigenvalue weighted by molar-refractivity contribution is 8.00. The number of aromatic amines is 1. The zero-order valence-corrected chi connectivity index (χ0v) is 14.8. The van der Waals surface area contributed by atoms with Gasteiger partial charge in [0.1, 0.15) is 5.82 Å². The summed E-state index contributed by atoms with van der Waals surface area (Å²) in [7, 11) is 0. The van der Waals surface area contributed by atoms with E-state index in [2.05, 4.69) is 33.5 Å². The zero-order valence-electron chi connectivity index (χ0n) is 13.1. The van der Waals surface area contributed by atoms with Gasteiger partial charge in [0.2, 0.25) is 11.1 Å². The third-order valence-electron chi connectivity index (χ3n) is 3.19. The Morgan fingerprint density at radius 2 is 2.32 bits per heavy atom. The summed E-state index contributed by atoms with van der Waals surface area (Å²) in [5, 5.41) is 12.6. The summed E-state index contributed by atoms with van der Waals surface area (Å²) >= 11 is 3.08. The van der Waals surface area contributed by atoms with Crippen molar-refractivity contribution in [2.75, 3.05) is 0 Å². The van der Waals surface area contributed by atoms with Gasteiger partial charge in [-0.05, 0) is 31.7 Å². The van der Waals surface area contributed by atoms with Crippen LogP contribution < -0.4 is 5.32 Å². The Labute approximate surface area is 139 Å². The first-order chi connectivity index (χ1) is 10.6. The molecular weight excluding hydrogens is 316 g/mol. The van der Waals surface area contributed by atoms with E-state index in [1.165, 1.54) is 16.6 Å². The number of thioether (sulfide) groups is 1. The monoisotopic (exact) mass is 338 g/mol. The Balaban J connectivity index is 1.85. The standard InChI is InChI=1S/C15H22N4OS2/c1-4-6-10(2)16-14(20)11(3)22-15-17-13(18-19-15)9-12-7-5-8-21-12/h5,7-8,10-11H,4,6,9H2,1-3H3,(H,16,20)(H,17,18,19). The third-order valence-corrected chi connectivity index (χ3v) is 5.03. The predicted octanol–water partition coefficient (Wildman–Crippen LogP) is 3.24. The molecule has 2 heterocycles. The average Bonchev–Trinajstić information content (AvgIpc) is 3.11. The molecular formula is C15H22N4OS2. The summed E-state index contributed by atoms with van der Waals surface area (Å²) in [5.41, 5.74) is 0. The van der Waals surface area contributed by atoms with Gasteiger partial charge in [-0.1, -0.05) is 31.2 Å². The topological polar surface area (TPSA) is 70.7 Å². The number of carbonyl (C=O) groups excluding carboxylic acids is 1. The van der Waals surface area contributed by atoms with Crippen molar-refractivity contribution >= 4 is 29.0 Å². The normalized spacial score (nSPS) is 13.8. The number of H-pyrrole nitrogens is 1. The van der Waals surface area contributed by atoms with Crippen molar-refractivity contribution in [1.29, 1.82) is 0 Å². The number of hydrogen-bond acceptors (Lipinski definition) is 5. The van der Waals surface area contributed by atoms with Gasteiger partial charge in [0.05, 0.1) is 5.25 Å². The van der Waals surface area contributed by atoms with Crippen LogP contribution in [0.3, 0.4) is 0 Å². The van der Waals surface area contributed by atoms with E-state index in [0.29, 0.717) is 5.16 Å². The SMILES string of the molecule is CCCC(C)NC(=O)C(C)Sc1n[nH]c(Cc2cccs2)n1. The number of aromatic nitrogens is 3. The Hall–Kier alpha value is -1.34. The molecule has 2 unspecified atom stereocenters. The van der Waals surface area contributed by atoms with Crippen LogP contribution in [-0.2, 0) is 11.2 Å². The smallest absolute Gasteiger partial charge is 0.233 e. The van der Waals surface area contributed by atoms with Gasteiger partial charge in [-0.15, -0.1) is 16.4 Å². The zero-order chi connectivity index (χ0) is 15.9. The molecule has 1 amide bonds. The minimum Gasteiger partial charge on any atom is -0.353 e. The highest BCUT2D eigenvalue weighted by Gasteiger charge is 2.18. The molecule has 2 N–H and O–H groups in total. The lowest BCUT2D eigenvalue weighted by atomic mass is 10.2. The van der Waals surface area contributed by atoms with Gasteiger partial charge < -0.3 is 5.32 Å². The molecule has 7 heteroatoms. The first-order valence-electron chi connectivity index (χ1n) is 7.49. The fourth-order valence-corrected chi connectivity index (χ4v) is 3.53. The van der Waals surface area contributed by atoms with Crippen molar-refractivity contribution in [3.8, 4) is 0 Å². The lowest BCUT2D eigenvalue weighted by molar-refractivity contribution is -0.120. The number of thiophene rings is 1. The molecule has 2 aromatic rings. The van der Waals surface area contributed by atoms with Gasteiger partial charge in [0.25, 0.3) is 0 Å². The van der Waals surface area contributed by atoms with E-state index in [0.717, 1.165) is 25.1 Å². The van der Waals surface area contributed by atoms with Crippen LogP contribution in [-0.4, -0.2) is 32.4 Å². The van der Waals surface area contributed by atoms with Gasteiger partial charge >= 0.3 is 0 Å². The van der Waals surface area contributed by atoms with Crippen LogP contribution in [0.2, 0.25) is 0 Å². The van der Waals surface area contributed by atoms with Crippen LogP contribution >= 0.6 is 23.1 Å². The van der Waals surface area contributed by atoms with Crippen molar-refractivity contribution in [3.05, 3.63) is 28.2 Å². The van der Waals surface area contributed by atoms with E-state index in [1.54, 1.807) is 11.3 Å². The van der Waals surface area contributed by atoms with Gasteiger partial charge in [0, 0.05) is 17.3 Å². The highest BCUT2D eigenvalue weighted by atomic mass is 32.2. The number of rotatable bonds is 8. The maximum atomic E-state index is 12.1. The molecule has 22 heavy (non-hydrogen) atoms. The summed E-state index contributed by atoms with van der Waals surface area (Å²) in [6, 6.07) is 4.31. The molecule has 0 fully saturated rings. The molecule has 0 aliphatic rings. The third kappa shape index (κ3) is 5.14. The van der Waals surface area contributed by atoms with Crippen LogP contribution in [0.25, 0.3) is 0 Å². The highest BCUT2D eigenvalue weighted by Crippen LogP contribution is 2.20. The fraction of sp³-hybridized carbons (Fsp3) is 0.533. The molecule has 0 aliphatic heterocycles. The molecule has 0 bridgehead atoms. The summed E-state index contributed by atoms with van der Waals surface area (Å²) in [5.74, 6) is 0.868. The number of nitrogens with one attached hydrogen (secondary N) is 2. The quantitative estimate of drug-likeness (QED) is 0.725. The maximum Gasteiger partial charge on any atom is 0.233 e. The van der Waals surface area contributed by atoms with Crippen molar-refractivity contribution < 1.29 is 4.79 Å². The summed E-state index contributed by atoms with van der Waals surface area (Å²) in [4.78, 5) is 17.8. The van der Waals surface area contributed by atoms with Crippen LogP contribution in [0.15, 0.2) is 22.7 Å². The van der Waals surface area contributed by atoms with Crippen LogP contribution in [0, 0.1) is 0 Å². The number of amides is 1. The largest absolute Gasteiger partial charge is 0.353 e. The fourth-order valence-electron chi connectivity index (χ4n) is 2.06. The summed E-state index contributed by atoms with van der Waals surface area (Å²) in [6.45, 7) is 6.03. The second kappa shape index (κ2) is 8.33. The molecule has 120 valence electrons. The Kier molecular flexibility index (Phi) is 6.45. The van der Waals surface area contributed by atoms with E-state index in [9.17, 15) is 4.79 Å². The van der Waals surface area contributed by atoms with E-state index in [-0.39, 0.29) is 17.2 Å². The number of nitrogens with zero attached hydrogens (tertiary/aromatic N) is 2. The van der Waals surface area contributed by atoms with Gasteiger partial charge in [-0.2, -0.15) is 0 Å². The van der Waals surface area contributed by atoms with Gasteiger partial charge in [-0.25, -0.2) is 4.98 Å². The Morgan fingerprint density at radius 3 is 3.00 bits per heavy atom. The molecule has 0 spiro atoms. The van der Waals surface area contributed by atoms with Crippen molar-refractivity contribution in [2.45, 2.75) is 56.5 Å². The average molecular weight is 339 g/mol. The van der Waals surface area contributed by atoms with Crippen LogP contribution in [0.5, 0.6) is 0 Å². The molecule has 0 saturated heterocycles. The molecule has 5 nitrogen and oxygen atoms in total. The van der Waals surface area contributed by atoms with Gasteiger partial charge in [-0.3, -0.25) is 9.89 Å². The van der Waals surface area contributed by atoms with Crippen LogP contribution in [0.1, 0.15) is 44.3 Å². The van der Waals surface area contributed by atoms with E-state index >= 15 is 0 Å². The van der Waals surface area contributed by atoms with Crippen molar-refractivity contribution in [3.63, 3.8) is 0 Å². The number of carbonyl (C=O) groups is 1. The molecule has 2 aromatic heterocycles. The van der Waals surface area contributed by atoms with E-state index in [4.69, 9.17) is 0 Å². The Bertz CT molecular complexity index is 582. The lowest BCUT2D eigenvalue weighted by Crippen LogP contribution is -2.37. The van der Waals surface area contributed by atoms with Crippen molar-refractivity contribution in [1.82, 2.24) is 20.5 Å². The first-order valence-corrected chi connectivity index (χ1v) is 9.25. The minimum atomic E-state index is -0.204. The second-order valence-electron chi connectivity index (χ2n) is 5.28. The van der Waals surface area contributed by atoms with Crippen molar-refractivity contribution in [2.24, 2.45) is 0 Å². The predicted molar refractivity (Wildman–Crippen MR) is 91.3 cm³/mol. The molecule has 2 atom stereocenters. The summed E-state index contributed by atoms with van der Waals surface area (Å²) in [6.07, 6.45) is 2.81. The molecule has 2 rings (SSSR count). The maximum absolute atomic E-state index is 12.1. The first kappa shape index (κ1) is 17.0. The van der Waals surface area contributed by atoms with Crippen LogP contribution in [0.4, 0.5) is 0 Å². The Morgan fingerprint density at radius 1 is 1.50 bits per heavy atom. The van der Waals surface area contributed by atoms with Gasteiger partial charge in [0.15, 0.2) is 0 Å². The molecule has 0 radical (unpaired) electrons. The minimum absolute atomic E-state index is 0.0376. The molecule has 0 aromatic carbocycles. The second-order valence-corrected chi connectivity index (χ2v) is 7.62. The molecule has 0 saturated carbocycles. The molecule has 0 aliphatic carbocycles.